The van der Waals surface area contributed by atoms with Gasteiger partial charge in [-0.15, -0.1) is 0 Å². The Bertz CT molecular complexity index is 672. The number of sulfonamides is 1. The first-order valence-electron chi connectivity index (χ1n) is 8.42. The van der Waals surface area contributed by atoms with Crippen molar-refractivity contribution in [1.82, 2.24) is 9.62 Å². The Balaban J connectivity index is 1.57. The van der Waals surface area contributed by atoms with Crippen molar-refractivity contribution in [2.24, 2.45) is 0 Å². The molecule has 1 N–H and O–H groups in total. The Morgan fingerprint density at radius 1 is 1.33 bits per heavy atom. The Hall–Kier alpha value is -0.660. The first-order chi connectivity index (χ1) is 11.4. The van der Waals surface area contributed by atoms with Gasteiger partial charge in [0, 0.05) is 37.3 Å². The van der Waals surface area contributed by atoms with Crippen LogP contribution in [0.1, 0.15) is 31.2 Å². The second-order valence-electron chi connectivity index (χ2n) is 6.98. The molecule has 2 fully saturated rings. The van der Waals surface area contributed by atoms with Gasteiger partial charge in [-0.25, -0.2) is 13.1 Å². The van der Waals surface area contributed by atoms with Crippen LogP contribution in [0.5, 0.6) is 0 Å². The summed E-state index contributed by atoms with van der Waals surface area (Å²) in [6.45, 7) is 3.35. The van der Waals surface area contributed by atoms with Crippen molar-refractivity contribution in [3.05, 3.63) is 34.9 Å². The number of rotatable bonds is 4. The SMILES string of the molecule is CS(=O)(=O)N[C@@H]1CCOC2(CCN(Cc3ccccc3Cl)CC2)C1. The van der Waals surface area contributed by atoms with E-state index in [-0.39, 0.29) is 11.6 Å². The van der Waals surface area contributed by atoms with Gasteiger partial charge in [0.2, 0.25) is 10.0 Å². The number of likely N-dealkylation sites (tertiary alicyclic amines) is 1. The molecule has 0 aliphatic carbocycles. The van der Waals surface area contributed by atoms with E-state index in [4.69, 9.17) is 16.3 Å². The number of benzene rings is 1. The molecule has 2 aliphatic rings. The molecule has 0 saturated carbocycles. The third-order valence-corrected chi connectivity index (χ3v) is 6.12. The molecule has 0 unspecified atom stereocenters. The summed E-state index contributed by atoms with van der Waals surface area (Å²) in [5.41, 5.74) is 0.966. The molecule has 7 heteroatoms. The molecular formula is C17H25ClN2O3S. The topological polar surface area (TPSA) is 58.6 Å². The molecule has 0 radical (unpaired) electrons. The number of hydrogen-bond donors (Lipinski definition) is 1. The summed E-state index contributed by atoms with van der Waals surface area (Å²) in [5, 5.41) is 0.809. The quantitative estimate of drug-likeness (QED) is 0.881. The van der Waals surface area contributed by atoms with Gasteiger partial charge in [-0.1, -0.05) is 29.8 Å². The molecule has 1 spiro atoms. The molecule has 24 heavy (non-hydrogen) atoms. The van der Waals surface area contributed by atoms with E-state index in [2.05, 4.69) is 15.7 Å². The largest absolute Gasteiger partial charge is 0.375 e. The van der Waals surface area contributed by atoms with E-state index in [1.54, 1.807) is 0 Å². The fraction of sp³-hybridized carbons (Fsp3) is 0.647. The van der Waals surface area contributed by atoms with Crippen LogP contribution < -0.4 is 4.72 Å². The normalized spacial score (nSPS) is 25.0. The predicted octanol–water partition coefficient (Wildman–Crippen LogP) is 2.40. The summed E-state index contributed by atoms with van der Waals surface area (Å²) in [6, 6.07) is 7.94. The van der Waals surface area contributed by atoms with Crippen LogP contribution >= 0.6 is 11.6 Å². The fourth-order valence-electron chi connectivity index (χ4n) is 3.77. The zero-order chi connectivity index (χ0) is 17.2. The lowest BCUT2D eigenvalue weighted by Gasteiger charge is -2.46. The molecule has 1 aromatic rings. The van der Waals surface area contributed by atoms with Gasteiger partial charge >= 0.3 is 0 Å². The molecule has 2 saturated heterocycles. The number of hydrogen-bond acceptors (Lipinski definition) is 4. The van der Waals surface area contributed by atoms with E-state index in [1.807, 2.05) is 18.2 Å². The molecule has 2 aliphatic heterocycles. The minimum atomic E-state index is -3.17. The monoisotopic (exact) mass is 372 g/mol. The lowest BCUT2D eigenvalue weighted by atomic mass is 9.82. The van der Waals surface area contributed by atoms with Crippen molar-refractivity contribution in [3.8, 4) is 0 Å². The standard InChI is InChI=1S/C17H25ClN2O3S/c1-24(21,22)19-15-6-11-23-17(12-15)7-9-20(10-8-17)13-14-4-2-3-5-16(14)18/h2-5,15,19H,6-13H2,1H3/t15-/m1/s1. The molecule has 3 rings (SSSR count). The predicted molar refractivity (Wildman–Crippen MR) is 95.6 cm³/mol. The maximum absolute atomic E-state index is 11.5. The maximum atomic E-state index is 11.5. The zero-order valence-electron chi connectivity index (χ0n) is 14.0. The van der Waals surface area contributed by atoms with Gasteiger partial charge in [-0.2, -0.15) is 0 Å². The van der Waals surface area contributed by atoms with Crippen LogP contribution in [-0.2, 0) is 21.3 Å². The zero-order valence-corrected chi connectivity index (χ0v) is 15.6. The van der Waals surface area contributed by atoms with E-state index in [1.165, 1.54) is 6.26 Å². The van der Waals surface area contributed by atoms with Gasteiger partial charge < -0.3 is 4.74 Å². The Labute approximate surface area is 149 Å². The molecule has 0 amide bonds. The molecular weight excluding hydrogens is 348 g/mol. The summed E-state index contributed by atoms with van der Waals surface area (Å²) >= 11 is 6.25. The van der Waals surface area contributed by atoms with Gasteiger partial charge in [0.15, 0.2) is 0 Å². The summed E-state index contributed by atoms with van der Waals surface area (Å²) in [6.07, 6.45) is 4.60. The summed E-state index contributed by atoms with van der Waals surface area (Å²) < 4.78 is 31.8. The van der Waals surface area contributed by atoms with Crippen LogP contribution in [0.2, 0.25) is 5.02 Å². The summed E-state index contributed by atoms with van der Waals surface area (Å²) in [7, 11) is -3.17. The fourth-order valence-corrected chi connectivity index (χ4v) is 4.77. The minimum absolute atomic E-state index is 0.0103. The number of nitrogens with one attached hydrogen (secondary N) is 1. The highest BCUT2D eigenvalue weighted by molar-refractivity contribution is 7.88. The van der Waals surface area contributed by atoms with Crippen LogP contribution in [0, 0.1) is 0 Å². The Kier molecular flexibility index (Phi) is 5.52. The van der Waals surface area contributed by atoms with Crippen LogP contribution in [0.15, 0.2) is 24.3 Å². The highest BCUT2D eigenvalue weighted by atomic mass is 35.5. The number of nitrogens with zero attached hydrogens (tertiary/aromatic N) is 1. The lowest BCUT2D eigenvalue weighted by Crippen LogP contribution is -2.53. The van der Waals surface area contributed by atoms with E-state index in [0.29, 0.717) is 6.61 Å². The van der Waals surface area contributed by atoms with Crippen molar-refractivity contribution in [3.63, 3.8) is 0 Å². The van der Waals surface area contributed by atoms with E-state index in [9.17, 15) is 8.42 Å². The third-order valence-electron chi connectivity index (χ3n) is 4.99. The van der Waals surface area contributed by atoms with Crippen LogP contribution in [0.4, 0.5) is 0 Å². The second kappa shape index (κ2) is 7.30. The first kappa shape index (κ1) is 18.1. The van der Waals surface area contributed by atoms with Crippen LogP contribution in [-0.4, -0.2) is 50.9 Å². The highest BCUT2D eigenvalue weighted by Gasteiger charge is 2.40. The van der Waals surface area contributed by atoms with Crippen molar-refractivity contribution in [2.75, 3.05) is 26.0 Å². The first-order valence-corrected chi connectivity index (χ1v) is 10.7. The van der Waals surface area contributed by atoms with Gasteiger partial charge in [0.1, 0.15) is 0 Å². The molecule has 2 heterocycles. The molecule has 1 aromatic carbocycles. The molecule has 134 valence electrons. The number of halogens is 1. The minimum Gasteiger partial charge on any atom is -0.375 e. The third kappa shape index (κ3) is 4.70. The molecule has 1 atom stereocenters. The number of piperidine rings is 1. The van der Waals surface area contributed by atoms with Crippen molar-refractivity contribution >= 4 is 21.6 Å². The summed E-state index contributed by atoms with van der Waals surface area (Å²) in [4.78, 5) is 2.39. The Morgan fingerprint density at radius 3 is 2.71 bits per heavy atom. The Morgan fingerprint density at radius 2 is 2.04 bits per heavy atom. The van der Waals surface area contributed by atoms with Crippen molar-refractivity contribution in [2.45, 2.75) is 43.9 Å². The van der Waals surface area contributed by atoms with Crippen LogP contribution in [0.25, 0.3) is 0 Å². The molecule has 0 bridgehead atoms. The van der Waals surface area contributed by atoms with Crippen molar-refractivity contribution in [1.29, 1.82) is 0 Å². The van der Waals surface area contributed by atoms with Crippen molar-refractivity contribution < 1.29 is 13.2 Å². The number of ether oxygens (including phenoxy) is 1. The van der Waals surface area contributed by atoms with E-state index >= 15 is 0 Å². The average Bonchev–Trinajstić information content (AvgIpc) is 2.50. The highest BCUT2D eigenvalue weighted by Crippen LogP contribution is 2.35. The van der Waals surface area contributed by atoms with Gasteiger partial charge in [0.05, 0.1) is 11.9 Å². The second-order valence-corrected chi connectivity index (χ2v) is 9.17. The summed E-state index contributed by atoms with van der Waals surface area (Å²) in [5.74, 6) is 0. The van der Waals surface area contributed by atoms with E-state index < -0.39 is 10.0 Å². The molecule has 0 aromatic heterocycles. The average molecular weight is 373 g/mol. The molecule has 5 nitrogen and oxygen atoms in total. The maximum Gasteiger partial charge on any atom is 0.208 e. The smallest absolute Gasteiger partial charge is 0.208 e. The van der Waals surface area contributed by atoms with Gasteiger partial charge in [-0.3, -0.25) is 4.90 Å². The van der Waals surface area contributed by atoms with Gasteiger partial charge in [-0.05, 0) is 37.3 Å². The van der Waals surface area contributed by atoms with E-state index in [0.717, 1.165) is 55.9 Å². The lowest BCUT2D eigenvalue weighted by molar-refractivity contribution is -0.118. The van der Waals surface area contributed by atoms with Gasteiger partial charge in [0.25, 0.3) is 0 Å². The van der Waals surface area contributed by atoms with Crippen LogP contribution in [0.3, 0.4) is 0 Å².